The Labute approximate surface area is 207 Å². The van der Waals surface area contributed by atoms with E-state index in [0.717, 1.165) is 0 Å². The van der Waals surface area contributed by atoms with Crippen molar-refractivity contribution in [2.75, 3.05) is 34.4 Å². The molecular weight excluding hydrogens is 448 g/mol. The smallest absolute Gasteiger partial charge is 0.336 e. The van der Waals surface area contributed by atoms with Crippen LogP contribution in [-0.2, 0) is 28.6 Å². The normalized spacial score (nSPS) is 16.4. The molecule has 1 N–H and O–H groups in total. The van der Waals surface area contributed by atoms with Gasteiger partial charge in [-0.3, -0.25) is 0 Å². The van der Waals surface area contributed by atoms with Gasteiger partial charge in [0.1, 0.15) is 5.60 Å². The van der Waals surface area contributed by atoms with E-state index in [9.17, 15) is 14.4 Å². The lowest BCUT2D eigenvalue weighted by Gasteiger charge is -2.33. The van der Waals surface area contributed by atoms with Crippen LogP contribution in [0.1, 0.15) is 51.7 Å². The van der Waals surface area contributed by atoms with Crippen LogP contribution < -0.4 is 5.32 Å². The Hall–Kier alpha value is -3.39. The van der Waals surface area contributed by atoms with Crippen LogP contribution in [0, 0.1) is 0 Å². The topological polar surface area (TPSA) is 94.2 Å². The minimum Gasteiger partial charge on any atom is -0.466 e. The molecule has 8 heteroatoms. The molecule has 1 aliphatic heterocycles. The maximum atomic E-state index is 13.3. The lowest BCUT2D eigenvalue weighted by atomic mass is 9.78. The van der Waals surface area contributed by atoms with Gasteiger partial charge < -0.3 is 24.4 Å². The molecule has 35 heavy (non-hydrogen) atoms. The number of carbonyl (C=O) groups excluding carboxylic acids is 3. The molecule has 0 aliphatic carbocycles. The van der Waals surface area contributed by atoms with Gasteiger partial charge in [-0.05, 0) is 65.9 Å². The molecule has 0 radical (unpaired) electrons. The number of hydrogen-bond donors (Lipinski definition) is 1. The molecule has 0 saturated heterocycles. The Balaban J connectivity index is 2.74. The largest absolute Gasteiger partial charge is 0.466 e. The molecule has 0 bridgehead atoms. The summed E-state index contributed by atoms with van der Waals surface area (Å²) >= 11 is 0. The molecule has 0 saturated carbocycles. The summed E-state index contributed by atoms with van der Waals surface area (Å²) in [6, 6.07) is 7.29. The van der Waals surface area contributed by atoms with Gasteiger partial charge in [0.25, 0.3) is 0 Å². The number of hydrogen-bond acceptors (Lipinski definition) is 8. The Kier molecular flexibility index (Phi) is 9.42. The SMILES string of the molecule is CCOC(=O)C1=C(CN(C)C)NC(C)=C(C(=O)OC)C1c1ccccc1/C=C/C(=O)OC(C)(C)C. The summed E-state index contributed by atoms with van der Waals surface area (Å²) in [6.07, 6.45) is 2.97. The average Bonchev–Trinajstić information content (AvgIpc) is 2.75. The molecule has 0 aromatic heterocycles. The van der Waals surface area contributed by atoms with Crippen LogP contribution >= 0.6 is 0 Å². The number of nitrogens with zero attached hydrogens (tertiary/aromatic N) is 1. The number of allylic oxidation sites excluding steroid dienone is 1. The van der Waals surface area contributed by atoms with Gasteiger partial charge >= 0.3 is 17.9 Å². The van der Waals surface area contributed by atoms with E-state index >= 15 is 0 Å². The van der Waals surface area contributed by atoms with Gasteiger partial charge in [0.05, 0.1) is 30.8 Å². The highest BCUT2D eigenvalue weighted by molar-refractivity contribution is 6.00. The third kappa shape index (κ3) is 7.29. The summed E-state index contributed by atoms with van der Waals surface area (Å²) in [5, 5.41) is 3.22. The number of likely N-dealkylation sites (N-methyl/N-ethyl adjacent to an activating group) is 1. The second kappa shape index (κ2) is 11.8. The summed E-state index contributed by atoms with van der Waals surface area (Å²) < 4.78 is 15.9. The van der Waals surface area contributed by atoms with Gasteiger partial charge in [-0.2, -0.15) is 0 Å². The molecule has 1 aliphatic rings. The molecule has 8 nitrogen and oxygen atoms in total. The Morgan fingerprint density at radius 2 is 1.74 bits per heavy atom. The van der Waals surface area contributed by atoms with Gasteiger partial charge in [-0.1, -0.05) is 24.3 Å². The first-order valence-corrected chi connectivity index (χ1v) is 11.5. The van der Waals surface area contributed by atoms with Gasteiger partial charge in [0, 0.05) is 24.0 Å². The zero-order valence-corrected chi connectivity index (χ0v) is 21.9. The van der Waals surface area contributed by atoms with E-state index in [1.807, 2.05) is 43.3 Å². The number of benzene rings is 1. The van der Waals surface area contributed by atoms with Crippen LogP contribution in [0.4, 0.5) is 0 Å². The first-order chi connectivity index (χ1) is 16.4. The standard InChI is InChI=1S/C27H36N2O6/c1-9-34-26(32)24-20(16-29(6)7)28-17(2)22(25(31)33-8)23(24)19-13-11-10-12-18(19)14-15-21(30)35-27(3,4)5/h10-15,23,28H,9,16H2,1-8H3/b15-14+. The summed E-state index contributed by atoms with van der Waals surface area (Å²) in [5.74, 6) is -2.34. The van der Waals surface area contributed by atoms with E-state index in [4.69, 9.17) is 14.2 Å². The second-order valence-corrected chi connectivity index (χ2v) is 9.43. The third-order valence-electron chi connectivity index (χ3n) is 5.13. The predicted molar refractivity (Wildman–Crippen MR) is 134 cm³/mol. The molecule has 1 atom stereocenters. The van der Waals surface area contributed by atoms with Crippen LogP contribution in [0.5, 0.6) is 0 Å². The molecule has 0 spiro atoms. The van der Waals surface area contributed by atoms with Crippen molar-refractivity contribution in [1.82, 2.24) is 10.2 Å². The number of nitrogens with one attached hydrogen (secondary N) is 1. The Bertz CT molecular complexity index is 1060. The monoisotopic (exact) mass is 484 g/mol. The average molecular weight is 485 g/mol. The van der Waals surface area contributed by atoms with Crippen LogP contribution in [0.2, 0.25) is 0 Å². The summed E-state index contributed by atoms with van der Waals surface area (Å²) in [5.41, 5.74) is 2.53. The zero-order chi connectivity index (χ0) is 26.3. The van der Waals surface area contributed by atoms with Crippen LogP contribution in [0.15, 0.2) is 52.9 Å². The minimum absolute atomic E-state index is 0.181. The summed E-state index contributed by atoms with van der Waals surface area (Å²) in [4.78, 5) is 40.5. The van der Waals surface area contributed by atoms with Crippen LogP contribution in [-0.4, -0.2) is 62.8 Å². The van der Waals surface area contributed by atoms with Gasteiger partial charge in [0.2, 0.25) is 0 Å². The van der Waals surface area contributed by atoms with E-state index in [0.29, 0.717) is 40.2 Å². The maximum Gasteiger partial charge on any atom is 0.336 e. The number of esters is 3. The molecule has 1 aromatic rings. The van der Waals surface area contributed by atoms with Crippen molar-refractivity contribution >= 4 is 24.0 Å². The van der Waals surface area contributed by atoms with Gasteiger partial charge in [-0.25, -0.2) is 14.4 Å². The van der Waals surface area contributed by atoms with E-state index in [1.54, 1.807) is 40.7 Å². The lowest BCUT2D eigenvalue weighted by molar-refractivity contribution is -0.148. The first-order valence-electron chi connectivity index (χ1n) is 11.5. The summed E-state index contributed by atoms with van der Waals surface area (Å²) in [6.45, 7) is 9.49. The van der Waals surface area contributed by atoms with Crippen molar-refractivity contribution in [3.8, 4) is 0 Å². The Morgan fingerprint density at radius 3 is 2.31 bits per heavy atom. The van der Waals surface area contributed by atoms with Gasteiger partial charge in [0.15, 0.2) is 0 Å². The van der Waals surface area contributed by atoms with Crippen molar-refractivity contribution < 1.29 is 28.6 Å². The number of ether oxygens (including phenoxy) is 3. The number of rotatable bonds is 8. The molecule has 1 unspecified atom stereocenters. The summed E-state index contributed by atoms with van der Waals surface area (Å²) in [7, 11) is 5.08. The predicted octanol–water partition coefficient (Wildman–Crippen LogP) is 3.55. The molecule has 0 amide bonds. The fraction of sp³-hybridized carbons (Fsp3) is 0.444. The lowest BCUT2D eigenvalue weighted by Crippen LogP contribution is -2.36. The molecule has 1 aromatic carbocycles. The molecular formula is C27H36N2O6. The number of dihydropyridines is 1. The number of methoxy groups -OCH3 is 1. The molecule has 190 valence electrons. The van der Waals surface area contributed by atoms with Crippen molar-refractivity contribution in [3.05, 3.63) is 64.0 Å². The highest BCUT2D eigenvalue weighted by Gasteiger charge is 2.39. The van der Waals surface area contributed by atoms with Gasteiger partial charge in [-0.15, -0.1) is 0 Å². The van der Waals surface area contributed by atoms with Crippen LogP contribution in [0.3, 0.4) is 0 Å². The quantitative estimate of drug-likeness (QED) is 0.340. The fourth-order valence-corrected chi connectivity index (χ4v) is 3.90. The van der Waals surface area contributed by atoms with E-state index in [-0.39, 0.29) is 6.61 Å². The second-order valence-electron chi connectivity index (χ2n) is 9.43. The fourth-order valence-electron chi connectivity index (χ4n) is 3.90. The van der Waals surface area contributed by atoms with Crippen molar-refractivity contribution in [1.29, 1.82) is 0 Å². The van der Waals surface area contributed by atoms with Crippen LogP contribution in [0.25, 0.3) is 6.08 Å². The van der Waals surface area contributed by atoms with Crippen molar-refractivity contribution in [2.24, 2.45) is 0 Å². The minimum atomic E-state index is -0.766. The highest BCUT2D eigenvalue weighted by atomic mass is 16.6. The zero-order valence-electron chi connectivity index (χ0n) is 21.9. The maximum absolute atomic E-state index is 13.3. The third-order valence-corrected chi connectivity index (χ3v) is 5.13. The van der Waals surface area contributed by atoms with Crippen molar-refractivity contribution in [2.45, 2.75) is 46.1 Å². The molecule has 0 fully saturated rings. The molecule has 2 rings (SSSR count). The van der Waals surface area contributed by atoms with E-state index < -0.39 is 29.4 Å². The first kappa shape index (κ1) is 27.9. The molecule has 1 heterocycles. The Morgan fingerprint density at radius 1 is 1.09 bits per heavy atom. The van der Waals surface area contributed by atoms with Crippen molar-refractivity contribution in [3.63, 3.8) is 0 Å². The van der Waals surface area contributed by atoms with E-state index in [2.05, 4.69) is 5.32 Å². The van der Waals surface area contributed by atoms with E-state index in [1.165, 1.54) is 13.2 Å². The number of carbonyl (C=O) groups is 3. The highest BCUT2D eigenvalue weighted by Crippen LogP contribution is 2.41.